The highest BCUT2D eigenvalue weighted by atomic mass is 32.2. The summed E-state index contributed by atoms with van der Waals surface area (Å²) in [6.07, 6.45) is 1.41. The van der Waals surface area contributed by atoms with Gasteiger partial charge < -0.3 is 10.2 Å². The predicted molar refractivity (Wildman–Crippen MR) is 135 cm³/mol. The van der Waals surface area contributed by atoms with E-state index in [-0.39, 0.29) is 22.6 Å². The summed E-state index contributed by atoms with van der Waals surface area (Å²) in [5.74, 6) is -0.634. The van der Waals surface area contributed by atoms with Crippen molar-refractivity contribution >= 4 is 44.5 Å². The van der Waals surface area contributed by atoms with Crippen molar-refractivity contribution in [3.63, 3.8) is 0 Å². The lowest BCUT2D eigenvalue weighted by Crippen LogP contribution is -2.43. The number of hydrogen-bond acceptors (Lipinski definition) is 5. The molecule has 0 spiro atoms. The summed E-state index contributed by atoms with van der Waals surface area (Å²) < 4.78 is 28.7. The molecule has 1 saturated heterocycles. The molecule has 1 atom stereocenters. The molecule has 178 valence electrons. The molecule has 0 aliphatic carbocycles. The molecule has 2 N–H and O–H groups in total. The average molecular weight is 498 g/mol. The summed E-state index contributed by atoms with van der Waals surface area (Å²) in [5.41, 5.74) is 2.40. The molecular weight excluding hydrogens is 470 g/mol. The van der Waals surface area contributed by atoms with E-state index in [0.29, 0.717) is 41.3 Å². The molecule has 7 nitrogen and oxygen atoms in total. The lowest BCUT2D eigenvalue weighted by atomic mass is 9.97. The number of carbonyl (C=O) groups excluding carboxylic acids is 2. The topological polar surface area (TPSA) is 95.6 Å². The van der Waals surface area contributed by atoms with Crippen molar-refractivity contribution in [2.75, 3.05) is 23.1 Å². The second-order valence-electron chi connectivity index (χ2n) is 8.51. The van der Waals surface area contributed by atoms with Crippen molar-refractivity contribution < 1.29 is 18.0 Å². The number of anilines is 2. The number of hydrogen-bond donors (Lipinski definition) is 2. The van der Waals surface area contributed by atoms with Gasteiger partial charge in [-0.1, -0.05) is 24.3 Å². The molecule has 0 unspecified atom stereocenters. The van der Waals surface area contributed by atoms with E-state index in [9.17, 15) is 18.0 Å². The maximum atomic E-state index is 13.0. The quantitative estimate of drug-likeness (QED) is 0.518. The zero-order valence-corrected chi connectivity index (χ0v) is 20.7. The van der Waals surface area contributed by atoms with E-state index in [4.69, 9.17) is 0 Å². The van der Waals surface area contributed by atoms with Gasteiger partial charge in [0.1, 0.15) is 0 Å². The first kappa shape index (κ1) is 24.0. The highest BCUT2D eigenvalue weighted by molar-refractivity contribution is 7.92. The Hall–Kier alpha value is -3.17. The summed E-state index contributed by atoms with van der Waals surface area (Å²) >= 11 is 1.39. The summed E-state index contributed by atoms with van der Waals surface area (Å²) in [6.45, 7) is 4.57. The molecule has 1 fully saturated rings. The van der Waals surface area contributed by atoms with Crippen molar-refractivity contribution in [1.29, 1.82) is 0 Å². The van der Waals surface area contributed by atoms with Crippen LogP contribution in [0.4, 0.5) is 11.4 Å². The van der Waals surface area contributed by atoms with E-state index in [1.807, 2.05) is 24.4 Å². The molecule has 0 saturated carbocycles. The molecule has 4 rings (SSSR count). The Morgan fingerprint density at radius 2 is 1.85 bits per heavy atom. The first-order valence-electron chi connectivity index (χ1n) is 11.1. The molecule has 2 amide bonds. The number of amides is 2. The Kier molecular flexibility index (Phi) is 7.04. The standard InChI is InChI=1S/C25H27N3O4S2/c1-17-6-3-8-21(14-17)27-34(31,32)23-15-20(11-10-18(23)2)26-24(29)19-7-4-12-28(16-19)25(30)22-9-5-13-33-22/h3,5-6,8-11,13-15,19,27H,4,7,12,16H2,1-2H3,(H,26,29)/t19-/m1/s1. The van der Waals surface area contributed by atoms with Gasteiger partial charge in [0.25, 0.3) is 15.9 Å². The summed E-state index contributed by atoms with van der Waals surface area (Å²) in [7, 11) is -3.84. The van der Waals surface area contributed by atoms with Gasteiger partial charge in [0.15, 0.2) is 0 Å². The molecular formula is C25H27N3O4S2. The Labute approximate surface area is 203 Å². The SMILES string of the molecule is Cc1cccc(NS(=O)(=O)c2cc(NC(=O)[C@@H]3CCCN(C(=O)c4cccs4)C3)ccc2C)c1. The van der Waals surface area contributed by atoms with Crippen LogP contribution in [0.1, 0.15) is 33.6 Å². The number of likely N-dealkylation sites (tertiary alicyclic amines) is 1. The monoisotopic (exact) mass is 497 g/mol. The van der Waals surface area contributed by atoms with E-state index >= 15 is 0 Å². The lowest BCUT2D eigenvalue weighted by Gasteiger charge is -2.31. The van der Waals surface area contributed by atoms with Gasteiger partial charge in [-0.2, -0.15) is 0 Å². The molecule has 2 aromatic carbocycles. The number of thiophene rings is 1. The third-order valence-corrected chi connectivity index (χ3v) is 8.21. The number of sulfonamides is 1. The maximum absolute atomic E-state index is 13.0. The Morgan fingerprint density at radius 1 is 1.03 bits per heavy atom. The van der Waals surface area contributed by atoms with Crippen molar-refractivity contribution in [3.05, 3.63) is 76.0 Å². The van der Waals surface area contributed by atoms with Gasteiger partial charge in [-0.25, -0.2) is 8.42 Å². The third kappa shape index (κ3) is 5.48. The van der Waals surface area contributed by atoms with Gasteiger partial charge >= 0.3 is 0 Å². The van der Waals surface area contributed by atoms with E-state index < -0.39 is 10.0 Å². The van der Waals surface area contributed by atoms with Gasteiger partial charge in [0, 0.05) is 24.5 Å². The van der Waals surface area contributed by atoms with Crippen LogP contribution >= 0.6 is 11.3 Å². The lowest BCUT2D eigenvalue weighted by molar-refractivity contribution is -0.121. The first-order valence-corrected chi connectivity index (χ1v) is 13.4. The maximum Gasteiger partial charge on any atom is 0.263 e. The number of rotatable bonds is 6. The number of nitrogens with zero attached hydrogens (tertiary/aromatic N) is 1. The fraction of sp³-hybridized carbons (Fsp3) is 0.280. The van der Waals surface area contributed by atoms with Crippen molar-refractivity contribution in [2.45, 2.75) is 31.6 Å². The van der Waals surface area contributed by atoms with Crippen molar-refractivity contribution in [2.24, 2.45) is 5.92 Å². The zero-order chi connectivity index (χ0) is 24.3. The van der Waals surface area contributed by atoms with Gasteiger partial charge in [-0.15, -0.1) is 11.3 Å². The summed E-state index contributed by atoms with van der Waals surface area (Å²) in [5, 5.41) is 4.71. The third-order valence-electron chi connectivity index (χ3n) is 5.83. The van der Waals surface area contributed by atoms with Crippen LogP contribution in [0.25, 0.3) is 0 Å². The highest BCUT2D eigenvalue weighted by Crippen LogP contribution is 2.26. The second kappa shape index (κ2) is 9.99. The minimum Gasteiger partial charge on any atom is -0.337 e. The second-order valence-corrected chi connectivity index (χ2v) is 11.1. The number of carbonyl (C=O) groups is 2. The van der Waals surface area contributed by atoms with Crippen LogP contribution in [-0.2, 0) is 14.8 Å². The van der Waals surface area contributed by atoms with Crippen LogP contribution in [0.3, 0.4) is 0 Å². The van der Waals surface area contributed by atoms with Crippen LogP contribution in [0.15, 0.2) is 64.9 Å². The largest absolute Gasteiger partial charge is 0.337 e. The molecule has 1 aromatic heterocycles. The number of piperidine rings is 1. The van der Waals surface area contributed by atoms with Gasteiger partial charge in [0.05, 0.1) is 15.7 Å². The van der Waals surface area contributed by atoms with Crippen LogP contribution in [0, 0.1) is 19.8 Å². The van der Waals surface area contributed by atoms with Crippen molar-refractivity contribution in [3.8, 4) is 0 Å². The zero-order valence-electron chi connectivity index (χ0n) is 19.1. The number of benzene rings is 2. The Balaban J connectivity index is 1.47. The van der Waals surface area contributed by atoms with Crippen LogP contribution in [0.5, 0.6) is 0 Å². The predicted octanol–water partition coefficient (Wildman–Crippen LogP) is 4.66. The molecule has 1 aliphatic rings. The summed E-state index contributed by atoms with van der Waals surface area (Å²) in [4.78, 5) is 28.1. The van der Waals surface area contributed by atoms with Gasteiger partial charge in [-0.05, 0) is 73.5 Å². The van der Waals surface area contributed by atoms with E-state index in [1.54, 1.807) is 48.2 Å². The van der Waals surface area contributed by atoms with Gasteiger partial charge in [0.2, 0.25) is 5.91 Å². The minimum absolute atomic E-state index is 0.0570. The number of nitrogens with one attached hydrogen (secondary N) is 2. The minimum atomic E-state index is -3.84. The highest BCUT2D eigenvalue weighted by Gasteiger charge is 2.29. The molecule has 0 radical (unpaired) electrons. The molecule has 34 heavy (non-hydrogen) atoms. The summed E-state index contributed by atoms with van der Waals surface area (Å²) in [6, 6.07) is 15.6. The van der Waals surface area contributed by atoms with Gasteiger partial charge in [-0.3, -0.25) is 14.3 Å². The average Bonchev–Trinajstić information content (AvgIpc) is 3.34. The molecule has 2 heterocycles. The van der Waals surface area contributed by atoms with E-state index in [0.717, 1.165) is 12.0 Å². The number of aryl methyl sites for hydroxylation is 2. The first-order chi connectivity index (χ1) is 16.2. The molecule has 9 heteroatoms. The van der Waals surface area contributed by atoms with Crippen LogP contribution in [-0.4, -0.2) is 38.2 Å². The van der Waals surface area contributed by atoms with E-state index in [1.165, 1.54) is 17.4 Å². The Morgan fingerprint density at radius 3 is 2.59 bits per heavy atom. The normalized spacial score (nSPS) is 16.2. The van der Waals surface area contributed by atoms with Crippen LogP contribution in [0.2, 0.25) is 0 Å². The smallest absolute Gasteiger partial charge is 0.263 e. The molecule has 0 bridgehead atoms. The van der Waals surface area contributed by atoms with Crippen molar-refractivity contribution in [1.82, 2.24) is 4.90 Å². The fourth-order valence-corrected chi connectivity index (χ4v) is 6.07. The molecule has 3 aromatic rings. The molecule has 1 aliphatic heterocycles. The van der Waals surface area contributed by atoms with Crippen LogP contribution < -0.4 is 10.0 Å². The fourth-order valence-electron chi connectivity index (χ4n) is 4.06. The van der Waals surface area contributed by atoms with E-state index in [2.05, 4.69) is 10.0 Å². The Bertz CT molecular complexity index is 1300.